The summed E-state index contributed by atoms with van der Waals surface area (Å²) >= 11 is 0. The summed E-state index contributed by atoms with van der Waals surface area (Å²) in [5.41, 5.74) is 3.01. The van der Waals surface area contributed by atoms with Gasteiger partial charge < -0.3 is 20.1 Å². The van der Waals surface area contributed by atoms with Crippen LogP contribution in [0.2, 0.25) is 0 Å². The molecule has 0 bridgehead atoms. The van der Waals surface area contributed by atoms with Crippen LogP contribution < -0.4 is 5.32 Å². The number of H-pyrrole nitrogens is 1. The van der Waals surface area contributed by atoms with Crippen molar-refractivity contribution in [2.75, 3.05) is 13.1 Å². The highest BCUT2D eigenvalue weighted by Gasteiger charge is 2.32. The third kappa shape index (κ3) is 7.68. The van der Waals surface area contributed by atoms with Crippen molar-refractivity contribution in [2.24, 2.45) is 5.92 Å². The van der Waals surface area contributed by atoms with Gasteiger partial charge in [0.15, 0.2) is 0 Å². The maximum absolute atomic E-state index is 13.8. The first-order valence-corrected chi connectivity index (χ1v) is 14.7. The van der Waals surface area contributed by atoms with Crippen molar-refractivity contribution in [1.82, 2.24) is 19.6 Å². The predicted octanol–water partition coefficient (Wildman–Crippen LogP) is 4.42. The van der Waals surface area contributed by atoms with Crippen molar-refractivity contribution in [3.05, 3.63) is 95.8 Å². The van der Waals surface area contributed by atoms with Crippen molar-refractivity contribution in [3.63, 3.8) is 0 Å². The van der Waals surface area contributed by atoms with Gasteiger partial charge in [-0.15, -0.1) is 0 Å². The lowest BCUT2D eigenvalue weighted by Crippen LogP contribution is -2.51. The smallest absolute Gasteiger partial charge is 0.407 e. The summed E-state index contributed by atoms with van der Waals surface area (Å²) < 4.78 is 34.2. The fourth-order valence-electron chi connectivity index (χ4n) is 4.51. The number of nitrogens with one attached hydrogen (secondary N) is 2. The number of aromatic amines is 1. The summed E-state index contributed by atoms with van der Waals surface area (Å²) in [5.74, 6) is 0.685. The lowest BCUT2D eigenvalue weighted by Gasteiger charge is -2.30. The van der Waals surface area contributed by atoms with Gasteiger partial charge in [0, 0.05) is 13.1 Å². The molecule has 1 aromatic heterocycles. The second-order valence-corrected chi connectivity index (χ2v) is 12.2. The van der Waals surface area contributed by atoms with Crippen LogP contribution in [0.25, 0.3) is 11.0 Å². The first-order chi connectivity index (χ1) is 19.1. The predicted molar refractivity (Wildman–Crippen MR) is 154 cm³/mol. The van der Waals surface area contributed by atoms with Crippen LogP contribution >= 0.6 is 0 Å². The molecule has 40 heavy (non-hydrogen) atoms. The van der Waals surface area contributed by atoms with Gasteiger partial charge in [0.05, 0.1) is 28.1 Å². The van der Waals surface area contributed by atoms with E-state index in [4.69, 9.17) is 4.74 Å². The summed E-state index contributed by atoms with van der Waals surface area (Å²) in [6.45, 7) is 5.69. The van der Waals surface area contributed by atoms with Crippen molar-refractivity contribution in [2.45, 2.75) is 50.8 Å². The van der Waals surface area contributed by atoms with Crippen molar-refractivity contribution >= 4 is 27.1 Å². The maximum atomic E-state index is 13.8. The number of fused-ring (bicyclic) bond motifs is 1. The Hall–Kier alpha value is -3.73. The molecule has 10 heteroatoms. The highest BCUT2D eigenvalue weighted by Crippen LogP contribution is 2.23. The average Bonchev–Trinajstić information content (AvgIpc) is 3.31. The number of nitrogens with zero attached hydrogens (tertiary/aromatic N) is 2. The number of alkyl carbamates (subject to hydrolysis) is 1. The molecule has 1 heterocycles. The molecule has 3 aromatic carbocycles. The Labute approximate surface area is 235 Å². The topological polar surface area (TPSA) is 125 Å². The highest BCUT2D eigenvalue weighted by atomic mass is 32.2. The van der Waals surface area contributed by atoms with E-state index in [-0.39, 0.29) is 36.9 Å². The van der Waals surface area contributed by atoms with Gasteiger partial charge in [-0.1, -0.05) is 74.5 Å². The number of sulfonamides is 1. The number of amides is 1. The number of carbonyl (C=O) groups excluding carboxylic acids is 1. The largest absolute Gasteiger partial charge is 0.445 e. The van der Waals surface area contributed by atoms with Crippen molar-refractivity contribution in [3.8, 4) is 0 Å². The number of rotatable bonds is 12. The minimum absolute atomic E-state index is 0.00326. The second-order valence-electron chi connectivity index (χ2n) is 10.3. The van der Waals surface area contributed by atoms with Crippen LogP contribution in [0.4, 0.5) is 4.79 Å². The monoisotopic (exact) mass is 564 g/mol. The van der Waals surface area contributed by atoms with Crippen molar-refractivity contribution in [1.29, 1.82) is 0 Å². The molecule has 0 saturated heterocycles. The summed E-state index contributed by atoms with van der Waals surface area (Å²) in [7, 11) is -3.97. The van der Waals surface area contributed by atoms with Crippen LogP contribution in [0.1, 0.15) is 30.8 Å². The van der Waals surface area contributed by atoms with Crippen LogP contribution in [-0.4, -0.2) is 59.1 Å². The summed E-state index contributed by atoms with van der Waals surface area (Å²) in [4.78, 5) is 20.3. The molecule has 1 unspecified atom stereocenters. The molecule has 0 aliphatic carbocycles. The van der Waals surface area contributed by atoms with Gasteiger partial charge in [-0.25, -0.2) is 18.2 Å². The van der Waals surface area contributed by atoms with Gasteiger partial charge in [0.25, 0.3) is 0 Å². The lowest BCUT2D eigenvalue weighted by molar-refractivity contribution is 0.0873. The number of aliphatic hydroxyl groups excluding tert-OH is 1. The number of aromatic nitrogens is 2. The Morgan fingerprint density at radius 2 is 1.65 bits per heavy atom. The van der Waals surface area contributed by atoms with Crippen LogP contribution in [0, 0.1) is 12.8 Å². The molecule has 0 fully saturated rings. The zero-order chi connectivity index (χ0) is 28.7. The van der Waals surface area contributed by atoms with E-state index in [2.05, 4.69) is 15.3 Å². The SMILES string of the molecule is Cc1nc2ccc(S(=O)(=O)N(CC(C)C)CC(O)[C@H](Cc3ccccc3)NC(=O)OCc3ccccc3)cc2[nH]1. The van der Waals surface area contributed by atoms with Gasteiger partial charge in [-0.05, 0) is 48.6 Å². The third-order valence-electron chi connectivity index (χ3n) is 6.45. The fraction of sp³-hybridized carbons (Fsp3) is 0.333. The summed E-state index contributed by atoms with van der Waals surface area (Å²) in [5, 5.41) is 14.1. The zero-order valence-electron chi connectivity index (χ0n) is 22.9. The maximum Gasteiger partial charge on any atom is 0.407 e. The quantitative estimate of drug-likeness (QED) is 0.234. The molecule has 3 N–H and O–H groups in total. The number of ether oxygens (including phenoxy) is 1. The van der Waals surface area contributed by atoms with Gasteiger partial charge in [0.2, 0.25) is 10.0 Å². The van der Waals surface area contributed by atoms with Crippen LogP contribution in [-0.2, 0) is 27.8 Å². The minimum Gasteiger partial charge on any atom is -0.445 e. The zero-order valence-corrected chi connectivity index (χ0v) is 23.8. The number of carbonyl (C=O) groups is 1. The first kappa shape index (κ1) is 29.3. The molecule has 0 aliphatic rings. The second kappa shape index (κ2) is 13.1. The Morgan fingerprint density at radius 3 is 2.30 bits per heavy atom. The van der Waals surface area contributed by atoms with E-state index in [1.54, 1.807) is 19.1 Å². The Morgan fingerprint density at radius 1 is 1.00 bits per heavy atom. The molecule has 2 atom stereocenters. The molecule has 212 valence electrons. The van der Waals surface area contributed by atoms with Crippen LogP contribution in [0.3, 0.4) is 0 Å². The molecule has 9 nitrogen and oxygen atoms in total. The van der Waals surface area contributed by atoms with E-state index in [1.165, 1.54) is 10.4 Å². The molecule has 0 aliphatic heterocycles. The summed E-state index contributed by atoms with van der Waals surface area (Å²) in [6.07, 6.45) is -1.62. The first-order valence-electron chi connectivity index (χ1n) is 13.3. The summed E-state index contributed by atoms with van der Waals surface area (Å²) in [6, 6.07) is 22.6. The number of aryl methyl sites for hydroxylation is 1. The molecule has 1 amide bonds. The number of aliphatic hydroxyl groups is 1. The standard InChI is InChI=1S/C30H36N4O5S/c1-21(2)18-34(40(37,38)25-14-15-26-27(17-25)32-22(3)31-26)19-29(35)28(16-23-10-6-4-7-11-23)33-30(36)39-20-24-12-8-5-9-13-24/h4-15,17,21,28-29,35H,16,18-20H2,1-3H3,(H,31,32)(H,33,36)/t28-,29?/m0/s1. The van der Waals surface area contributed by atoms with Gasteiger partial charge in [0.1, 0.15) is 12.4 Å². The highest BCUT2D eigenvalue weighted by molar-refractivity contribution is 7.89. The third-order valence-corrected chi connectivity index (χ3v) is 8.28. The normalized spacial score (nSPS) is 13.4. The van der Waals surface area contributed by atoms with E-state index >= 15 is 0 Å². The number of hydrogen-bond donors (Lipinski definition) is 3. The van der Waals surface area contributed by atoms with Crippen LogP contribution in [0.15, 0.2) is 83.8 Å². The fourth-order valence-corrected chi connectivity index (χ4v) is 6.16. The van der Waals surface area contributed by atoms with Crippen LogP contribution in [0.5, 0.6) is 0 Å². The molecular formula is C30H36N4O5S. The van der Waals surface area contributed by atoms with Gasteiger partial charge >= 0.3 is 6.09 Å². The number of hydrogen-bond acceptors (Lipinski definition) is 6. The van der Waals surface area contributed by atoms with E-state index < -0.39 is 28.3 Å². The molecule has 4 rings (SSSR count). The minimum atomic E-state index is -3.97. The van der Waals surface area contributed by atoms with Gasteiger partial charge in [-0.3, -0.25) is 0 Å². The lowest BCUT2D eigenvalue weighted by atomic mass is 10.0. The van der Waals surface area contributed by atoms with Gasteiger partial charge in [-0.2, -0.15) is 4.31 Å². The van der Waals surface area contributed by atoms with E-state index in [0.29, 0.717) is 16.9 Å². The Balaban J connectivity index is 1.55. The van der Waals surface area contributed by atoms with E-state index in [9.17, 15) is 18.3 Å². The van der Waals surface area contributed by atoms with E-state index in [1.807, 2.05) is 74.5 Å². The Bertz CT molecular complexity index is 1510. The molecule has 0 radical (unpaired) electrons. The average molecular weight is 565 g/mol. The molecular weight excluding hydrogens is 528 g/mol. The molecule has 0 saturated carbocycles. The molecule has 0 spiro atoms. The van der Waals surface area contributed by atoms with E-state index in [0.717, 1.165) is 11.1 Å². The number of benzene rings is 3. The molecule has 4 aromatic rings. The Kier molecular flexibility index (Phi) is 9.57. The van der Waals surface area contributed by atoms with Crippen molar-refractivity contribution < 1.29 is 23.1 Å². The number of imidazole rings is 1.